The maximum atomic E-state index is 12.8. The van der Waals surface area contributed by atoms with Gasteiger partial charge in [0.1, 0.15) is 6.61 Å². The Kier molecular flexibility index (Phi) is 6.73. The Labute approximate surface area is 208 Å². The summed E-state index contributed by atoms with van der Waals surface area (Å²) in [5.74, 6) is -0.0403. The predicted octanol–water partition coefficient (Wildman–Crippen LogP) is 1.99. The van der Waals surface area contributed by atoms with Crippen molar-refractivity contribution in [1.29, 1.82) is 0 Å². The van der Waals surface area contributed by atoms with Crippen LogP contribution in [0, 0.1) is 0 Å². The van der Waals surface area contributed by atoms with Gasteiger partial charge in [-0.15, -0.1) is 0 Å². The number of rotatable bonds is 4. The van der Waals surface area contributed by atoms with Gasteiger partial charge in [-0.25, -0.2) is 4.79 Å². The van der Waals surface area contributed by atoms with Crippen molar-refractivity contribution in [2.24, 2.45) is 0 Å². The topological polar surface area (TPSA) is 82.6 Å². The van der Waals surface area contributed by atoms with Crippen LogP contribution in [0.15, 0.2) is 36.4 Å². The van der Waals surface area contributed by atoms with E-state index in [0.29, 0.717) is 53.9 Å². The molecule has 0 bridgehead atoms. The van der Waals surface area contributed by atoms with Crippen LogP contribution in [0.1, 0.15) is 21.5 Å². The highest BCUT2D eigenvalue weighted by molar-refractivity contribution is 6.61. The fourth-order valence-electron chi connectivity index (χ4n) is 4.58. The molecule has 34 heavy (non-hydrogen) atoms. The zero-order valence-corrected chi connectivity index (χ0v) is 20.0. The first-order valence-electron chi connectivity index (χ1n) is 11.2. The number of nitrogens with zero attached hydrogens (tertiary/aromatic N) is 3. The number of hydrogen-bond acceptors (Lipinski definition) is 6. The van der Waals surface area contributed by atoms with Crippen molar-refractivity contribution in [2.75, 3.05) is 39.3 Å². The molecule has 3 aliphatic rings. The van der Waals surface area contributed by atoms with Crippen LogP contribution >= 0.6 is 23.2 Å². The Morgan fingerprint density at radius 2 is 1.74 bits per heavy atom. The van der Waals surface area contributed by atoms with Crippen LogP contribution in [0.4, 0.5) is 4.79 Å². The summed E-state index contributed by atoms with van der Waals surface area (Å²) < 4.78 is 10.6. The second kappa shape index (κ2) is 9.75. The molecule has 3 aliphatic heterocycles. The van der Waals surface area contributed by atoms with Crippen molar-refractivity contribution in [3.8, 4) is 0 Å². The minimum Gasteiger partial charge on any atom is -0.445 e. The highest BCUT2D eigenvalue weighted by Crippen LogP contribution is 2.22. The number of piperazine rings is 1. The zero-order chi connectivity index (χ0) is 23.8. The van der Waals surface area contributed by atoms with Gasteiger partial charge in [0.25, 0.3) is 5.91 Å². The summed E-state index contributed by atoms with van der Waals surface area (Å²) in [5.41, 5.74) is 2.90. The molecule has 2 aromatic carbocycles. The summed E-state index contributed by atoms with van der Waals surface area (Å²) in [6.07, 6.45) is -0.357. The lowest BCUT2D eigenvalue weighted by molar-refractivity contribution is 0.00578. The third-order valence-corrected chi connectivity index (χ3v) is 7.02. The Morgan fingerprint density at radius 1 is 1.03 bits per heavy atom. The van der Waals surface area contributed by atoms with Crippen LogP contribution in [-0.2, 0) is 22.6 Å². The van der Waals surface area contributed by atoms with Crippen LogP contribution in [-0.4, -0.2) is 84.2 Å². The average Bonchev–Trinajstić information content (AvgIpc) is 3.16. The van der Waals surface area contributed by atoms with Gasteiger partial charge in [0, 0.05) is 60.9 Å². The first-order chi connectivity index (χ1) is 16.4. The molecule has 0 aliphatic carbocycles. The Hall–Kier alpha value is -2.30. The highest BCUT2D eigenvalue weighted by atomic mass is 35.5. The summed E-state index contributed by atoms with van der Waals surface area (Å²) >= 11 is 12.0. The number of carbonyl (C=O) groups is 2. The summed E-state index contributed by atoms with van der Waals surface area (Å²) in [4.78, 5) is 31.1. The summed E-state index contributed by atoms with van der Waals surface area (Å²) in [7, 11) is -0.960. The number of halogens is 2. The number of fused-ring (bicyclic) bond motifs is 1. The third kappa shape index (κ3) is 4.90. The highest BCUT2D eigenvalue weighted by Gasteiger charge is 2.38. The number of amides is 2. The predicted molar refractivity (Wildman–Crippen MR) is 128 cm³/mol. The van der Waals surface area contributed by atoms with Gasteiger partial charge in [-0.1, -0.05) is 29.3 Å². The molecule has 3 heterocycles. The Morgan fingerprint density at radius 3 is 2.44 bits per heavy atom. The van der Waals surface area contributed by atoms with E-state index in [1.165, 1.54) is 0 Å². The molecule has 1 N–H and O–H groups in total. The van der Waals surface area contributed by atoms with Gasteiger partial charge in [-0.2, -0.15) is 0 Å². The molecule has 2 saturated heterocycles. The standard InChI is InChI=1S/C23H24BCl2N3O5/c25-18-7-15(8-19(26)10-18)13-33-23(31)28-5-3-27(4-6-28)20-11-29(12-20)22(30)16-1-2-17-14-34-24(32)21(17)9-16/h1-2,7-10,20,32H,3-6,11-14H2. The Bertz CT molecular complexity index is 1090. The summed E-state index contributed by atoms with van der Waals surface area (Å²) in [5, 5.41) is 10.9. The van der Waals surface area contributed by atoms with E-state index >= 15 is 0 Å². The first-order valence-corrected chi connectivity index (χ1v) is 12.0. The van der Waals surface area contributed by atoms with Gasteiger partial charge in [-0.05, 0) is 46.9 Å². The van der Waals surface area contributed by atoms with Crippen molar-refractivity contribution >= 4 is 47.8 Å². The fraction of sp³-hybridized carbons (Fsp3) is 0.391. The van der Waals surface area contributed by atoms with Crippen molar-refractivity contribution in [2.45, 2.75) is 19.3 Å². The summed E-state index contributed by atoms with van der Waals surface area (Å²) in [6, 6.07) is 10.7. The maximum absolute atomic E-state index is 12.8. The number of likely N-dealkylation sites (tertiary alicyclic amines) is 1. The van der Waals surface area contributed by atoms with E-state index in [9.17, 15) is 14.6 Å². The van der Waals surface area contributed by atoms with Crippen LogP contribution in [0.25, 0.3) is 0 Å². The van der Waals surface area contributed by atoms with Crippen LogP contribution < -0.4 is 5.46 Å². The molecule has 0 aromatic heterocycles. The molecular weight excluding hydrogens is 480 g/mol. The van der Waals surface area contributed by atoms with Crippen molar-refractivity contribution in [3.63, 3.8) is 0 Å². The number of hydrogen-bond donors (Lipinski definition) is 1. The smallest absolute Gasteiger partial charge is 0.445 e. The lowest BCUT2D eigenvalue weighted by atomic mass is 9.78. The minimum absolute atomic E-state index is 0.0403. The molecule has 2 aromatic rings. The number of ether oxygens (including phenoxy) is 1. The van der Waals surface area contributed by atoms with E-state index in [1.807, 2.05) is 11.0 Å². The third-order valence-electron chi connectivity index (χ3n) is 6.58. The van der Waals surface area contributed by atoms with Crippen LogP contribution in [0.2, 0.25) is 10.0 Å². The van der Waals surface area contributed by atoms with E-state index in [4.69, 9.17) is 32.6 Å². The molecule has 178 valence electrons. The molecule has 2 amide bonds. The van der Waals surface area contributed by atoms with Gasteiger partial charge in [0.05, 0.1) is 6.61 Å². The molecule has 5 rings (SSSR count). The molecular formula is C23H24BCl2N3O5. The van der Waals surface area contributed by atoms with E-state index in [-0.39, 0.29) is 24.6 Å². The van der Waals surface area contributed by atoms with Crippen molar-refractivity contribution in [1.82, 2.24) is 14.7 Å². The lowest BCUT2D eigenvalue weighted by Crippen LogP contribution is -2.64. The molecule has 8 nitrogen and oxygen atoms in total. The largest absolute Gasteiger partial charge is 0.491 e. The van der Waals surface area contributed by atoms with E-state index < -0.39 is 7.12 Å². The quantitative estimate of drug-likeness (QED) is 0.642. The van der Waals surface area contributed by atoms with Gasteiger partial charge < -0.3 is 24.2 Å². The second-order valence-corrected chi connectivity index (χ2v) is 9.67. The molecule has 0 unspecified atom stereocenters. The zero-order valence-electron chi connectivity index (χ0n) is 18.5. The second-order valence-electron chi connectivity index (χ2n) is 8.80. The molecule has 0 atom stereocenters. The van der Waals surface area contributed by atoms with E-state index in [0.717, 1.165) is 24.2 Å². The van der Waals surface area contributed by atoms with Crippen LogP contribution in [0.5, 0.6) is 0 Å². The molecule has 0 radical (unpaired) electrons. The first kappa shape index (κ1) is 23.4. The maximum Gasteiger partial charge on any atom is 0.491 e. The van der Waals surface area contributed by atoms with Crippen LogP contribution in [0.3, 0.4) is 0 Å². The minimum atomic E-state index is -0.960. The normalized spacial score (nSPS) is 18.6. The monoisotopic (exact) mass is 503 g/mol. The molecule has 2 fully saturated rings. The van der Waals surface area contributed by atoms with E-state index in [2.05, 4.69) is 4.90 Å². The van der Waals surface area contributed by atoms with Gasteiger partial charge in [-0.3, -0.25) is 9.69 Å². The lowest BCUT2D eigenvalue weighted by Gasteiger charge is -2.48. The molecule has 0 spiro atoms. The SMILES string of the molecule is O=C(OCc1cc(Cl)cc(Cl)c1)N1CCN(C2CN(C(=O)c3ccc4c(c3)B(O)OC4)C2)CC1. The average molecular weight is 504 g/mol. The van der Waals surface area contributed by atoms with Crippen molar-refractivity contribution < 1.29 is 24.0 Å². The molecule has 0 saturated carbocycles. The van der Waals surface area contributed by atoms with Crippen molar-refractivity contribution in [3.05, 3.63) is 63.1 Å². The number of carbonyl (C=O) groups excluding carboxylic acids is 2. The Balaban J connectivity index is 1.07. The van der Waals surface area contributed by atoms with E-state index in [1.54, 1.807) is 35.2 Å². The van der Waals surface area contributed by atoms with Gasteiger partial charge in [0.15, 0.2) is 0 Å². The van der Waals surface area contributed by atoms with Gasteiger partial charge in [0.2, 0.25) is 0 Å². The summed E-state index contributed by atoms with van der Waals surface area (Å²) in [6.45, 7) is 4.38. The van der Waals surface area contributed by atoms with Gasteiger partial charge >= 0.3 is 13.2 Å². The number of benzene rings is 2. The fourth-order valence-corrected chi connectivity index (χ4v) is 5.15. The molecule has 11 heteroatoms.